The van der Waals surface area contributed by atoms with Gasteiger partial charge in [0.05, 0.1) is 5.75 Å². The summed E-state index contributed by atoms with van der Waals surface area (Å²) in [7, 11) is -3.05. The van der Waals surface area contributed by atoms with Crippen LogP contribution in [0, 0.1) is 5.92 Å². The zero-order valence-corrected chi connectivity index (χ0v) is 11.6. The topological polar surface area (TPSA) is 58.2 Å². The Morgan fingerprint density at radius 3 is 2.76 bits per heavy atom. The molecule has 2 rings (SSSR count). The third kappa shape index (κ3) is 5.86. The maximum Gasteiger partial charge on any atom is 0.211 e. The SMILES string of the molecule is Cl.O=S(=O)(CCC1CC1)NCC1=CCNCC1. The fourth-order valence-electron chi connectivity index (χ4n) is 1.83. The Balaban J connectivity index is 0.00000144. The van der Waals surface area contributed by atoms with Gasteiger partial charge in [0.25, 0.3) is 0 Å². The van der Waals surface area contributed by atoms with E-state index in [-0.39, 0.29) is 12.4 Å². The van der Waals surface area contributed by atoms with Gasteiger partial charge in [0.15, 0.2) is 0 Å². The summed E-state index contributed by atoms with van der Waals surface area (Å²) in [5.41, 5.74) is 1.20. The molecule has 0 aromatic heterocycles. The molecule has 1 saturated carbocycles. The fraction of sp³-hybridized carbons (Fsp3) is 0.818. The van der Waals surface area contributed by atoms with E-state index < -0.39 is 10.0 Å². The quantitative estimate of drug-likeness (QED) is 0.715. The molecular weight excluding hydrogens is 260 g/mol. The molecule has 0 aromatic rings. The lowest BCUT2D eigenvalue weighted by molar-refractivity contribution is 0.576. The molecule has 1 heterocycles. The van der Waals surface area contributed by atoms with E-state index in [2.05, 4.69) is 16.1 Å². The minimum absolute atomic E-state index is 0. The highest BCUT2D eigenvalue weighted by atomic mass is 35.5. The maximum absolute atomic E-state index is 11.7. The van der Waals surface area contributed by atoms with Crippen LogP contribution in [-0.4, -0.2) is 33.8 Å². The summed E-state index contributed by atoms with van der Waals surface area (Å²) >= 11 is 0. The van der Waals surface area contributed by atoms with Gasteiger partial charge in [0.2, 0.25) is 10.0 Å². The Bertz CT molecular complexity index is 364. The molecule has 1 aliphatic carbocycles. The second-order valence-corrected chi connectivity index (χ2v) is 6.61. The van der Waals surface area contributed by atoms with E-state index in [1.807, 2.05) is 0 Å². The van der Waals surface area contributed by atoms with E-state index in [9.17, 15) is 8.42 Å². The Kier molecular flexibility index (Phi) is 5.92. The average Bonchev–Trinajstić information content (AvgIpc) is 3.09. The first kappa shape index (κ1) is 15.0. The van der Waals surface area contributed by atoms with Crippen LogP contribution in [0.3, 0.4) is 0 Å². The van der Waals surface area contributed by atoms with Gasteiger partial charge in [0, 0.05) is 13.1 Å². The molecule has 6 heteroatoms. The normalized spacial score (nSPS) is 20.6. The second kappa shape index (κ2) is 6.73. The van der Waals surface area contributed by atoms with Gasteiger partial charge >= 0.3 is 0 Å². The van der Waals surface area contributed by atoms with Crippen LogP contribution in [0.15, 0.2) is 11.6 Å². The van der Waals surface area contributed by atoms with E-state index in [0.29, 0.717) is 18.2 Å². The summed E-state index contributed by atoms with van der Waals surface area (Å²) in [4.78, 5) is 0. The van der Waals surface area contributed by atoms with E-state index in [1.54, 1.807) is 0 Å². The van der Waals surface area contributed by atoms with Crippen molar-refractivity contribution in [2.45, 2.75) is 25.7 Å². The monoisotopic (exact) mass is 280 g/mol. The Morgan fingerprint density at radius 1 is 1.41 bits per heavy atom. The van der Waals surface area contributed by atoms with Crippen molar-refractivity contribution in [2.24, 2.45) is 5.92 Å². The summed E-state index contributed by atoms with van der Waals surface area (Å²) in [6.07, 6.45) is 6.28. The first-order chi connectivity index (χ1) is 7.66. The molecule has 2 N–H and O–H groups in total. The molecule has 0 unspecified atom stereocenters. The molecule has 0 aromatic carbocycles. The first-order valence-corrected chi connectivity index (χ1v) is 7.67. The molecule has 4 nitrogen and oxygen atoms in total. The van der Waals surface area contributed by atoms with Crippen molar-refractivity contribution in [2.75, 3.05) is 25.4 Å². The molecule has 1 fully saturated rings. The van der Waals surface area contributed by atoms with Gasteiger partial charge in [-0.05, 0) is 25.3 Å². The van der Waals surface area contributed by atoms with Crippen LogP contribution < -0.4 is 10.0 Å². The minimum atomic E-state index is -3.05. The average molecular weight is 281 g/mol. The van der Waals surface area contributed by atoms with Gasteiger partial charge in [-0.25, -0.2) is 13.1 Å². The van der Waals surface area contributed by atoms with Gasteiger partial charge in [0.1, 0.15) is 0 Å². The Morgan fingerprint density at radius 2 is 2.18 bits per heavy atom. The number of hydrogen-bond donors (Lipinski definition) is 2. The molecule has 2 aliphatic rings. The highest BCUT2D eigenvalue weighted by molar-refractivity contribution is 7.89. The lowest BCUT2D eigenvalue weighted by Gasteiger charge is -2.14. The summed E-state index contributed by atoms with van der Waals surface area (Å²) in [5, 5.41) is 3.21. The van der Waals surface area contributed by atoms with Crippen LogP contribution in [0.4, 0.5) is 0 Å². The van der Waals surface area contributed by atoms with Crippen LogP contribution in [0.25, 0.3) is 0 Å². The number of nitrogens with one attached hydrogen (secondary N) is 2. The van der Waals surface area contributed by atoms with Gasteiger partial charge in [-0.1, -0.05) is 24.5 Å². The van der Waals surface area contributed by atoms with Gasteiger partial charge in [-0.3, -0.25) is 0 Å². The number of sulfonamides is 1. The van der Waals surface area contributed by atoms with Crippen molar-refractivity contribution in [3.8, 4) is 0 Å². The lowest BCUT2D eigenvalue weighted by Crippen LogP contribution is -2.31. The highest BCUT2D eigenvalue weighted by Gasteiger charge is 2.23. The molecule has 100 valence electrons. The van der Waals surface area contributed by atoms with Crippen molar-refractivity contribution in [3.63, 3.8) is 0 Å². The summed E-state index contributed by atoms with van der Waals surface area (Å²) < 4.78 is 26.0. The van der Waals surface area contributed by atoms with Crippen LogP contribution in [0.2, 0.25) is 0 Å². The van der Waals surface area contributed by atoms with Crippen molar-refractivity contribution < 1.29 is 8.42 Å². The van der Waals surface area contributed by atoms with Gasteiger partial charge in [-0.2, -0.15) is 0 Å². The maximum atomic E-state index is 11.7. The van der Waals surface area contributed by atoms with Crippen LogP contribution in [0.1, 0.15) is 25.7 Å². The van der Waals surface area contributed by atoms with E-state index >= 15 is 0 Å². The number of hydrogen-bond acceptors (Lipinski definition) is 3. The highest BCUT2D eigenvalue weighted by Crippen LogP contribution is 2.32. The van der Waals surface area contributed by atoms with Crippen molar-refractivity contribution in [1.82, 2.24) is 10.0 Å². The summed E-state index contributed by atoms with van der Waals surface area (Å²) in [6.45, 7) is 2.31. The van der Waals surface area contributed by atoms with E-state index in [1.165, 1.54) is 18.4 Å². The molecule has 0 radical (unpaired) electrons. The summed E-state index contributed by atoms with van der Waals surface area (Å²) in [5.74, 6) is 0.970. The van der Waals surface area contributed by atoms with Crippen molar-refractivity contribution in [1.29, 1.82) is 0 Å². The van der Waals surface area contributed by atoms with E-state index in [4.69, 9.17) is 0 Å². The fourth-order valence-corrected chi connectivity index (χ4v) is 3.03. The molecular formula is C11H21ClN2O2S. The summed E-state index contributed by atoms with van der Waals surface area (Å²) in [6, 6.07) is 0. The third-order valence-electron chi connectivity index (χ3n) is 3.17. The largest absolute Gasteiger partial charge is 0.313 e. The Labute approximate surface area is 110 Å². The van der Waals surface area contributed by atoms with Crippen LogP contribution in [0.5, 0.6) is 0 Å². The molecule has 17 heavy (non-hydrogen) atoms. The van der Waals surface area contributed by atoms with Crippen molar-refractivity contribution in [3.05, 3.63) is 11.6 Å². The molecule has 0 atom stereocenters. The van der Waals surface area contributed by atoms with E-state index in [0.717, 1.165) is 25.9 Å². The van der Waals surface area contributed by atoms with Gasteiger partial charge in [-0.15, -0.1) is 12.4 Å². The van der Waals surface area contributed by atoms with Crippen LogP contribution >= 0.6 is 12.4 Å². The first-order valence-electron chi connectivity index (χ1n) is 6.02. The molecule has 0 saturated heterocycles. The number of halogens is 1. The smallest absolute Gasteiger partial charge is 0.211 e. The van der Waals surface area contributed by atoms with Crippen LogP contribution in [-0.2, 0) is 10.0 Å². The third-order valence-corrected chi connectivity index (χ3v) is 4.53. The zero-order valence-electron chi connectivity index (χ0n) is 9.94. The molecule has 0 spiro atoms. The standard InChI is InChI=1S/C11H20N2O2S.ClH/c14-16(15,8-5-10-1-2-10)13-9-11-3-6-12-7-4-11;/h3,10,12-13H,1-2,4-9H2;1H. The predicted octanol–water partition coefficient (Wildman–Crippen LogP) is 1.05. The second-order valence-electron chi connectivity index (χ2n) is 4.69. The van der Waals surface area contributed by atoms with Gasteiger partial charge < -0.3 is 5.32 Å². The Hall–Kier alpha value is -0.100. The minimum Gasteiger partial charge on any atom is -0.313 e. The predicted molar refractivity (Wildman–Crippen MR) is 71.9 cm³/mol. The molecule has 1 aliphatic heterocycles. The molecule has 0 amide bonds. The molecule has 0 bridgehead atoms. The van der Waals surface area contributed by atoms with Crippen molar-refractivity contribution >= 4 is 22.4 Å². The number of rotatable bonds is 6. The zero-order chi connectivity index (χ0) is 11.4. The lowest BCUT2D eigenvalue weighted by atomic mass is 10.1.